The van der Waals surface area contributed by atoms with Gasteiger partial charge in [0.1, 0.15) is 5.82 Å². The zero-order valence-corrected chi connectivity index (χ0v) is 11.0. The van der Waals surface area contributed by atoms with E-state index in [2.05, 4.69) is 34.4 Å². The van der Waals surface area contributed by atoms with E-state index in [4.69, 9.17) is 0 Å². The largest absolute Gasteiger partial charge is 0.394 e. The number of nitrogens with one attached hydrogen (secondary N) is 2. The summed E-state index contributed by atoms with van der Waals surface area (Å²) in [5, 5.41) is 15.6. The van der Waals surface area contributed by atoms with E-state index in [1.165, 1.54) is 0 Å². The molecule has 0 radical (unpaired) electrons. The van der Waals surface area contributed by atoms with Gasteiger partial charge in [-0.1, -0.05) is 13.8 Å². The minimum Gasteiger partial charge on any atom is -0.394 e. The molecular weight excluding hydrogens is 216 g/mol. The zero-order chi connectivity index (χ0) is 12.8. The summed E-state index contributed by atoms with van der Waals surface area (Å²) in [6.45, 7) is 8.94. The number of aliphatic hydroxyl groups is 1. The highest BCUT2D eigenvalue weighted by Gasteiger charge is 2.13. The van der Waals surface area contributed by atoms with E-state index in [9.17, 15) is 5.11 Å². The van der Waals surface area contributed by atoms with Gasteiger partial charge in [0.25, 0.3) is 0 Å². The third kappa shape index (κ3) is 4.19. The summed E-state index contributed by atoms with van der Waals surface area (Å²) in [4.78, 5) is 8.63. The van der Waals surface area contributed by atoms with Crippen molar-refractivity contribution in [1.82, 2.24) is 9.97 Å². The fourth-order valence-corrected chi connectivity index (χ4v) is 1.49. The Morgan fingerprint density at radius 2 is 2.06 bits per heavy atom. The Balaban J connectivity index is 2.82. The molecule has 1 atom stereocenters. The monoisotopic (exact) mass is 238 g/mol. The molecule has 96 valence electrons. The Kier molecular flexibility index (Phi) is 5.15. The van der Waals surface area contributed by atoms with Gasteiger partial charge in [0.2, 0.25) is 5.95 Å². The lowest BCUT2D eigenvalue weighted by molar-refractivity contribution is 0.249. The molecule has 5 nitrogen and oxygen atoms in total. The second-order valence-electron chi connectivity index (χ2n) is 4.43. The van der Waals surface area contributed by atoms with Crippen molar-refractivity contribution in [3.8, 4) is 0 Å². The third-order valence-corrected chi connectivity index (χ3v) is 2.52. The molecule has 0 aromatic carbocycles. The van der Waals surface area contributed by atoms with Crippen LogP contribution >= 0.6 is 0 Å². The number of anilines is 2. The Labute approximate surface area is 103 Å². The van der Waals surface area contributed by atoms with Gasteiger partial charge in [-0.05, 0) is 19.8 Å². The Morgan fingerprint density at radius 1 is 1.35 bits per heavy atom. The quantitative estimate of drug-likeness (QED) is 0.703. The number of rotatable bonds is 6. The molecule has 0 bridgehead atoms. The van der Waals surface area contributed by atoms with E-state index < -0.39 is 0 Å². The average Bonchev–Trinajstić information content (AvgIpc) is 2.25. The van der Waals surface area contributed by atoms with Crippen LogP contribution in [-0.2, 0) is 0 Å². The van der Waals surface area contributed by atoms with Crippen LogP contribution < -0.4 is 10.6 Å². The van der Waals surface area contributed by atoms with E-state index in [1.54, 1.807) is 0 Å². The van der Waals surface area contributed by atoms with Crippen molar-refractivity contribution in [2.24, 2.45) is 5.92 Å². The minimum absolute atomic E-state index is 0.0128. The zero-order valence-electron chi connectivity index (χ0n) is 11.0. The fraction of sp³-hybridized carbons (Fsp3) is 0.667. The number of aryl methyl sites for hydroxylation is 1. The number of hydrogen-bond donors (Lipinski definition) is 3. The molecule has 0 saturated heterocycles. The summed E-state index contributed by atoms with van der Waals surface area (Å²) in [7, 11) is 0. The smallest absolute Gasteiger partial charge is 0.224 e. The van der Waals surface area contributed by atoms with Crippen LogP contribution in [-0.4, -0.2) is 34.3 Å². The first-order valence-electron chi connectivity index (χ1n) is 6.03. The molecule has 0 aliphatic carbocycles. The molecule has 1 rings (SSSR count). The molecule has 1 heterocycles. The SMILES string of the molecule is CCNc1nc(C)cc(NC(CO)C(C)C)n1. The number of hydrogen-bond acceptors (Lipinski definition) is 5. The summed E-state index contributed by atoms with van der Waals surface area (Å²) in [5.41, 5.74) is 0.902. The highest BCUT2D eigenvalue weighted by Crippen LogP contribution is 2.13. The van der Waals surface area contributed by atoms with Crippen LogP contribution in [0.1, 0.15) is 26.5 Å². The Bertz CT molecular complexity index is 354. The third-order valence-electron chi connectivity index (χ3n) is 2.52. The number of aromatic nitrogens is 2. The maximum atomic E-state index is 9.28. The molecule has 0 saturated carbocycles. The second-order valence-corrected chi connectivity index (χ2v) is 4.43. The summed E-state index contributed by atoms with van der Waals surface area (Å²) in [6.07, 6.45) is 0. The van der Waals surface area contributed by atoms with Gasteiger partial charge in [-0.3, -0.25) is 0 Å². The van der Waals surface area contributed by atoms with Gasteiger partial charge < -0.3 is 15.7 Å². The van der Waals surface area contributed by atoms with Crippen molar-refractivity contribution in [3.63, 3.8) is 0 Å². The van der Waals surface area contributed by atoms with Gasteiger partial charge in [-0.2, -0.15) is 4.98 Å². The van der Waals surface area contributed by atoms with Crippen LogP contribution in [0.5, 0.6) is 0 Å². The molecule has 0 amide bonds. The van der Waals surface area contributed by atoms with Crippen LogP contribution in [0, 0.1) is 12.8 Å². The van der Waals surface area contributed by atoms with E-state index in [1.807, 2.05) is 19.9 Å². The molecule has 0 aliphatic heterocycles. The maximum absolute atomic E-state index is 9.28. The van der Waals surface area contributed by atoms with Crippen LogP contribution in [0.4, 0.5) is 11.8 Å². The summed E-state index contributed by atoms with van der Waals surface area (Å²) < 4.78 is 0. The van der Waals surface area contributed by atoms with Crippen molar-refractivity contribution in [2.75, 3.05) is 23.8 Å². The average molecular weight is 238 g/mol. The van der Waals surface area contributed by atoms with Crippen molar-refractivity contribution in [1.29, 1.82) is 0 Å². The summed E-state index contributed by atoms with van der Waals surface area (Å²) >= 11 is 0. The van der Waals surface area contributed by atoms with Crippen molar-refractivity contribution >= 4 is 11.8 Å². The van der Waals surface area contributed by atoms with E-state index in [-0.39, 0.29) is 12.6 Å². The van der Waals surface area contributed by atoms with Crippen LogP contribution in [0.15, 0.2) is 6.07 Å². The summed E-state index contributed by atoms with van der Waals surface area (Å²) in [5.74, 6) is 1.72. The highest BCUT2D eigenvalue weighted by molar-refractivity contribution is 5.42. The highest BCUT2D eigenvalue weighted by atomic mass is 16.3. The molecule has 3 N–H and O–H groups in total. The van der Waals surface area contributed by atoms with Crippen LogP contribution in [0.2, 0.25) is 0 Å². The van der Waals surface area contributed by atoms with Crippen LogP contribution in [0.25, 0.3) is 0 Å². The van der Waals surface area contributed by atoms with Gasteiger partial charge in [-0.15, -0.1) is 0 Å². The Morgan fingerprint density at radius 3 is 2.59 bits per heavy atom. The molecule has 5 heteroatoms. The second kappa shape index (κ2) is 6.39. The number of nitrogens with zero attached hydrogens (tertiary/aromatic N) is 2. The molecule has 0 fully saturated rings. The van der Waals surface area contributed by atoms with Gasteiger partial charge in [0.05, 0.1) is 12.6 Å². The van der Waals surface area contributed by atoms with Gasteiger partial charge >= 0.3 is 0 Å². The van der Waals surface area contributed by atoms with Crippen molar-refractivity contribution in [2.45, 2.75) is 33.7 Å². The van der Waals surface area contributed by atoms with E-state index in [0.29, 0.717) is 11.9 Å². The topological polar surface area (TPSA) is 70.1 Å². The standard InChI is InChI=1S/C12H22N4O/c1-5-13-12-14-9(4)6-11(16-12)15-10(7-17)8(2)3/h6,8,10,17H,5,7H2,1-4H3,(H2,13,14,15,16). The van der Waals surface area contributed by atoms with Crippen molar-refractivity contribution in [3.05, 3.63) is 11.8 Å². The Hall–Kier alpha value is -1.36. The molecule has 0 aliphatic rings. The van der Waals surface area contributed by atoms with E-state index >= 15 is 0 Å². The first-order valence-corrected chi connectivity index (χ1v) is 6.03. The first-order chi connectivity index (χ1) is 8.06. The lowest BCUT2D eigenvalue weighted by Gasteiger charge is -2.20. The van der Waals surface area contributed by atoms with Crippen LogP contribution in [0.3, 0.4) is 0 Å². The maximum Gasteiger partial charge on any atom is 0.224 e. The number of aliphatic hydroxyl groups excluding tert-OH is 1. The molecule has 17 heavy (non-hydrogen) atoms. The predicted octanol–water partition coefficient (Wildman–Crippen LogP) is 1.65. The molecule has 0 spiro atoms. The van der Waals surface area contributed by atoms with Gasteiger partial charge in [-0.25, -0.2) is 4.98 Å². The molecule has 1 aromatic rings. The van der Waals surface area contributed by atoms with Gasteiger partial charge in [0.15, 0.2) is 0 Å². The lowest BCUT2D eigenvalue weighted by Crippen LogP contribution is -2.30. The minimum atomic E-state index is 0.0128. The summed E-state index contributed by atoms with van der Waals surface area (Å²) in [6, 6.07) is 1.89. The fourth-order valence-electron chi connectivity index (χ4n) is 1.49. The van der Waals surface area contributed by atoms with Gasteiger partial charge in [0, 0.05) is 18.3 Å². The molecular formula is C12H22N4O. The predicted molar refractivity (Wildman–Crippen MR) is 70.3 cm³/mol. The lowest BCUT2D eigenvalue weighted by atomic mass is 10.1. The first kappa shape index (κ1) is 13.7. The normalized spacial score (nSPS) is 12.6. The van der Waals surface area contributed by atoms with Crippen molar-refractivity contribution < 1.29 is 5.11 Å². The van der Waals surface area contributed by atoms with E-state index in [0.717, 1.165) is 18.1 Å². The molecule has 1 unspecified atom stereocenters. The molecule has 1 aromatic heterocycles.